The van der Waals surface area contributed by atoms with Crippen molar-refractivity contribution in [3.05, 3.63) is 50.9 Å². The molecule has 0 saturated carbocycles. The third-order valence-electron chi connectivity index (χ3n) is 3.97. The number of aromatic nitrogens is 2. The van der Waals surface area contributed by atoms with Gasteiger partial charge in [0.25, 0.3) is 11.5 Å². The lowest BCUT2D eigenvalue weighted by Crippen LogP contribution is -2.30. The van der Waals surface area contributed by atoms with Crippen molar-refractivity contribution < 1.29 is 18.0 Å². The van der Waals surface area contributed by atoms with Gasteiger partial charge in [-0.2, -0.15) is 13.2 Å². The Kier molecular flexibility index (Phi) is 5.79. The Morgan fingerprint density at radius 1 is 1.27 bits per heavy atom. The second kappa shape index (κ2) is 7.67. The van der Waals surface area contributed by atoms with Crippen molar-refractivity contribution in [2.45, 2.75) is 40.0 Å². The van der Waals surface area contributed by atoms with E-state index in [1.54, 1.807) is 19.1 Å². The number of carbonyl (C=O) groups excluding carboxylic acids is 1. The number of H-pyrrole nitrogens is 1. The monoisotopic (exact) mass is 370 g/mol. The minimum Gasteiger partial charge on any atom is -0.385 e. The van der Waals surface area contributed by atoms with Crippen LogP contribution in [0.15, 0.2) is 23.0 Å². The largest absolute Gasteiger partial charge is 0.408 e. The fourth-order valence-corrected chi connectivity index (χ4v) is 2.67. The predicted molar refractivity (Wildman–Crippen MR) is 92.4 cm³/mol. The molecule has 6 nitrogen and oxygen atoms in total. The van der Waals surface area contributed by atoms with Gasteiger partial charge in [0.2, 0.25) is 0 Å². The van der Waals surface area contributed by atoms with Crippen LogP contribution in [0.4, 0.5) is 18.9 Å². The second-order valence-corrected chi connectivity index (χ2v) is 5.91. The average Bonchev–Trinajstić information content (AvgIpc) is 2.79. The van der Waals surface area contributed by atoms with Crippen LogP contribution in [0.5, 0.6) is 0 Å². The molecule has 0 bridgehead atoms. The van der Waals surface area contributed by atoms with Crippen LogP contribution in [0, 0.1) is 13.8 Å². The van der Waals surface area contributed by atoms with Crippen molar-refractivity contribution in [3.63, 3.8) is 0 Å². The number of benzene rings is 1. The summed E-state index contributed by atoms with van der Waals surface area (Å²) in [6.45, 7) is 4.37. The zero-order chi connectivity index (χ0) is 19.5. The van der Waals surface area contributed by atoms with Gasteiger partial charge in [0.15, 0.2) is 0 Å². The maximum atomic E-state index is 12.5. The van der Waals surface area contributed by atoms with Gasteiger partial charge in [0.05, 0.1) is 12.1 Å². The molecular weight excluding hydrogens is 349 g/mol. The van der Waals surface area contributed by atoms with Crippen molar-refractivity contribution in [3.8, 4) is 0 Å². The van der Waals surface area contributed by atoms with Gasteiger partial charge in [-0.3, -0.25) is 14.7 Å². The molecule has 0 fully saturated rings. The number of aryl methyl sites for hydroxylation is 1. The molecule has 0 saturated heterocycles. The van der Waals surface area contributed by atoms with E-state index in [4.69, 9.17) is 0 Å². The number of nitrogens with one attached hydrogen (secondary N) is 3. The molecule has 0 aliphatic rings. The summed E-state index contributed by atoms with van der Waals surface area (Å²) < 4.78 is 38.0. The molecule has 1 amide bonds. The number of nitrogens with zero attached hydrogens (tertiary/aromatic N) is 1. The smallest absolute Gasteiger partial charge is 0.385 e. The molecular formula is C17H21F3N4O2. The Morgan fingerprint density at radius 2 is 1.96 bits per heavy atom. The van der Waals surface area contributed by atoms with Gasteiger partial charge in [0.1, 0.15) is 6.54 Å². The molecule has 0 unspecified atom stereocenters. The molecule has 1 aromatic carbocycles. The Bertz CT molecular complexity index is 853. The summed E-state index contributed by atoms with van der Waals surface area (Å²) >= 11 is 0. The third-order valence-corrected chi connectivity index (χ3v) is 3.97. The van der Waals surface area contributed by atoms with Crippen LogP contribution < -0.4 is 16.2 Å². The molecule has 0 radical (unpaired) electrons. The normalized spacial score (nSPS) is 11.5. The van der Waals surface area contributed by atoms with E-state index in [0.717, 1.165) is 11.3 Å². The summed E-state index contributed by atoms with van der Waals surface area (Å²) in [7, 11) is 0. The zero-order valence-corrected chi connectivity index (χ0v) is 14.8. The maximum Gasteiger partial charge on any atom is 0.408 e. The number of carbonyl (C=O) groups is 1. The van der Waals surface area contributed by atoms with E-state index in [-0.39, 0.29) is 17.8 Å². The molecule has 0 atom stereocenters. The van der Waals surface area contributed by atoms with Gasteiger partial charge in [-0.15, -0.1) is 0 Å². The molecule has 9 heteroatoms. The highest BCUT2D eigenvalue weighted by atomic mass is 19.4. The first kappa shape index (κ1) is 19.6. The standard InChI is InChI=1S/C17H21F3N4O2/c1-4-21-14-7-5-6-12(10(14)2)15(25)22-8-13-11(3)23-24(16(13)26)9-17(18,19)20/h5-7,21,23H,4,8-9H2,1-3H3,(H,22,25). The Balaban J connectivity index is 2.16. The number of anilines is 1. The van der Waals surface area contributed by atoms with Crippen molar-refractivity contribution >= 4 is 11.6 Å². The van der Waals surface area contributed by atoms with Crippen molar-refractivity contribution in [2.75, 3.05) is 11.9 Å². The van der Waals surface area contributed by atoms with Crippen molar-refractivity contribution in [2.24, 2.45) is 0 Å². The van der Waals surface area contributed by atoms with Gasteiger partial charge in [0, 0.05) is 23.5 Å². The van der Waals surface area contributed by atoms with E-state index in [1.165, 1.54) is 6.92 Å². The summed E-state index contributed by atoms with van der Waals surface area (Å²) in [6.07, 6.45) is -4.51. The van der Waals surface area contributed by atoms with Crippen LogP contribution in [0.1, 0.15) is 34.1 Å². The average molecular weight is 370 g/mol. The van der Waals surface area contributed by atoms with Crippen LogP contribution in [0.3, 0.4) is 0 Å². The van der Waals surface area contributed by atoms with Gasteiger partial charge in [-0.25, -0.2) is 4.68 Å². The number of aromatic amines is 1. The molecule has 1 heterocycles. The molecule has 0 aliphatic heterocycles. The summed E-state index contributed by atoms with van der Waals surface area (Å²) in [5.74, 6) is -0.398. The Labute approximate surface area is 148 Å². The van der Waals surface area contributed by atoms with E-state index in [9.17, 15) is 22.8 Å². The SMILES string of the molecule is CCNc1cccc(C(=O)NCc2c(C)[nH]n(CC(F)(F)F)c2=O)c1C. The van der Waals surface area contributed by atoms with E-state index >= 15 is 0 Å². The van der Waals surface area contributed by atoms with E-state index in [2.05, 4.69) is 15.7 Å². The number of halogens is 3. The van der Waals surface area contributed by atoms with E-state index in [1.807, 2.05) is 13.0 Å². The van der Waals surface area contributed by atoms with Gasteiger partial charge in [-0.05, 0) is 38.5 Å². The van der Waals surface area contributed by atoms with Gasteiger partial charge in [-0.1, -0.05) is 6.07 Å². The lowest BCUT2D eigenvalue weighted by atomic mass is 10.1. The summed E-state index contributed by atoms with van der Waals surface area (Å²) in [4.78, 5) is 24.5. The zero-order valence-electron chi connectivity index (χ0n) is 14.8. The van der Waals surface area contributed by atoms with Crippen LogP contribution in [0.25, 0.3) is 0 Å². The van der Waals surface area contributed by atoms with Crippen molar-refractivity contribution in [1.29, 1.82) is 0 Å². The molecule has 0 aliphatic carbocycles. The van der Waals surface area contributed by atoms with E-state index in [0.29, 0.717) is 16.8 Å². The van der Waals surface area contributed by atoms with Crippen LogP contribution in [0.2, 0.25) is 0 Å². The highest BCUT2D eigenvalue weighted by molar-refractivity contribution is 5.97. The number of amides is 1. The van der Waals surface area contributed by atoms with Crippen molar-refractivity contribution in [1.82, 2.24) is 15.1 Å². The Morgan fingerprint density at radius 3 is 2.58 bits per heavy atom. The van der Waals surface area contributed by atoms with Gasteiger partial charge < -0.3 is 10.6 Å². The first-order valence-electron chi connectivity index (χ1n) is 8.10. The Hall–Kier alpha value is -2.71. The van der Waals surface area contributed by atoms with Crippen LogP contribution in [-0.4, -0.2) is 28.4 Å². The third kappa shape index (κ3) is 4.47. The second-order valence-electron chi connectivity index (χ2n) is 5.91. The number of hydrogen-bond acceptors (Lipinski definition) is 3. The van der Waals surface area contributed by atoms with E-state index < -0.39 is 24.2 Å². The highest BCUT2D eigenvalue weighted by Gasteiger charge is 2.30. The minimum atomic E-state index is -4.51. The first-order valence-corrected chi connectivity index (χ1v) is 8.10. The minimum absolute atomic E-state index is 0.100. The summed E-state index contributed by atoms with van der Waals surface area (Å²) in [5.41, 5.74) is 1.61. The maximum absolute atomic E-state index is 12.5. The predicted octanol–water partition coefficient (Wildman–Crippen LogP) is 2.72. The molecule has 2 rings (SSSR count). The fraction of sp³-hybridized carbons (Fsp3) is 0.412. The fourth-order valence-electron chi connectivity index (χ4n) is 2.67. The number of rotatable bonds is 6. The lowest BCUT2D eigenvalue weighted by Gasteiger charge is -2.12. The van der Waals surface area contributed by atoms with Crippen LogP contribution >= 0.6 is 0 Å². The molecule has 142 valence electrons. The van der Waals surface area contributed by atoms with Crippen LogP contribution in [-0.2, 0) is 13.1 Å². The lowest BCUT2D eigenvalue weighted by molar-refractivity contribution is -0.143. The molecule has 26 heavy (non-hydrogen) atoms. The topological polar surface area (TPSA) is 78.9 Å². The first-order chi connectivity index (χ1) is 12.1. The molecule has 3 N–H and O–H groups in total. The quantitative estimate of drug-likeness (QED) is 0.732. The summed E-state index contributed by atoms with van der Waals surface area (Å²) in [5, 5.41) is 8.14. The van der Waals surface area contributed by atoms with Gasteiger partial charge >= 0.3 is 6.18 Å². The molecule has 0 spiro atoms. The number of hydrogen-bond donors (Lipinski definition) is 3. The molecule has 1 aromatic heterocycles. The summed E-state index contributed by atoms with van der Waals surface area (Å²) in [6, 6.07) is 5.23. The highest BCUT2D eigenvalue weighted by Crippen LogP contribution is 2.19. The number of alkyl halides is 3. The molecule has 2 aromatic rings.